The molecule has 0 bridgehead atoms. The molecule has 1 heterocycles. The number of unbranched alkanes of at least 4 members (excludes halogenated alkanes) is 1. The molecule has 0 N–H and O–H groups in total. The summed E-state index contributed by atoms with van der Waals surface area (Å²) < 4.78 is 42.8. The molecule has 162 valence electrons. The summed E-state index contributed by atoms with van der Waals surface area (Å²) in [4.78, 5) is 0. The van der Waals surface area contributed by atoms with Crippen LogP contribution in [0.3, 0.4) is 0 Å². The number of hydrogen-bond donors (Lipinski definition) is 0. The lowest BCUT2D eigenvalue weighted by Crippen LogP contribution is -2.14. The minimum absolute atomic E-state index is 0.312. The second-order valence-corrected chi connectivity index (χ2v) is 6.06. The molecular formula is C19H38O8. The van der Waals surface area contributed by atoms with E-state index in [2.05, 4.69) is 6.92 Å². The van der Waals surface area contributed by atoms with Crippen LogP contribution in [0.5, 0.6) is 0 Å². The summed E-state index contributed by atoms with van der Waals surface area (Å²) >= 11 is 0. The Morgan fingerprint density at radius 3 is 1.22 bits per heavy atom. The highest BCUT2D eigenvalue weighted by Crippen LogP contribution is 2.07. The van der Waals surface area contributed by atoms with Gasteiger partial charge in [0, 0.05) is 6.61 Å². The van der Waals surface area contributed by atoms with Gasteiger partial charge in [0.25, 0.3) is 0 Å². The molecule has 1 aliphatic heterocycles. The van der Waals surface area contributed by atoms with E-state index in [0.717, 1.165) is 26.1 Å². The maximum atomic E-state index is 5.42. The van der Waals surface area contributed by atoms with E-state index in [9.17, 15) is 0 Å². The highest BCUT2D eigenvalue weighted by Gasteiger charge is 2.21. The monoisotopic (exact) mass is 394 g/mol. The van der Waals surface area contributed by atoms with Gasteiger partial charge in [-0.1, -0.05) is 13.3 Å². The van der Waals surface area contributed by atoms with Gasteiger partial charge in [0.15, 0.2) is 0 Å². The molecule has 0 aromatic rings. The SMILES string of the molecule is CCCCOCCOCCOCCOCCOCCOCCOCC1CO1. The normalized spacial score (nSPS) is 16.1. The predicted octanol–water partition coefficient (Wildman–Crippen LogP) is 1.30. The Kier molecular flexibility index (Phi) is 18.7. The molecule has 1 unspecified atom stereocenters. The molecule has 0 aliphatic carbocycles. The predicted molar refractivity (Wildman–Crippen MR) is 100 cm³/mol. The first-order valence-electron chi connectivity index (χ1n) is 10.1. The van der Waals surface area contributed by atoms with Gasteiger partial charge in [-0.3, -0.25) is 0 Å². The van der Waals surface area contributed by atoms with Crippen molar-refractivity contribution in [1.82, 2.24) is 0 Å². The average Bonchev–Trinajstić information content (AvgIpc) is 3.50. The van der Waals surface area contributed by atoms with Crippen molar-refractivity contribution in [2.24, 2.45) is 0 Å². The molecule has 1 fully saturated rings. The Bertz CT molecular complexity index is 289. The van der Waals surface area contributed by atoms with Crippen LogP contribution in [0, 0.1) is 0 Å². The van der Waals surface area contributed by atoms with Crippen LogP contribution in [-0.2, 0) is 37.9 Å². The minimum Gasteiger partial charge on any atom is -0.379 e. The summed E-state index contributed by atoms with van der Waals surface area (Å²) in [7, 11) is 0. The van der Waals surface area contributed by atoms with Gasteiger partial charge in [0.05, 0.1) is 92.5 Å². The van der Waals surface area contributed by atoms with Crippen molar-refractivity contribution in [2.45, 2.75) is 25.9 Å². The van der Waals surface area contributed by atoms with Crippen molar-refractivity contribution in [2.75, 3.05) is 99.1 Å². The van der Waals surface area contributed by atoms with Crippen molar-refractivity contribution in [1.29, 1.82) is 0 Å². The molecule has 1 saturated heterocycles. The fourth-order valence-electron chi connectivity index (χ4n) is 1.94. The van der Waals surface area contributed by atoms with Crippen LogP contribution in [0.25, 0.3) is 0 Å². The molecule has 1 rings (SSSR count). The lowest BCUT2D eigenvalue weighted by atomic mass is 10.4. The second-order valence-electron chi connectivity index (χ2n) is 6.06. The number of hydrogen-bond acceptors (Lipinski definition) is 8. The third kappa shape index (κ3) is 20.2. The Labute approximate surface area is 163 Å². The molecule has 0 amide bonds. The lowest BCUT2D eigenvalue weighted by molar-refractivity contribution is -0.0209. The van der Waals surface area contributed by atoms with Crippen molar-refractivity contribution in [3.8, 4) is 0 Å². The van der Waals surface area contributed by atoms with Crippen LogP contribution < -0.4 is 0 Å². The van der Waals surface area contributed by atoms with Gasteiger partial charge in [-0.2, -0.15) is 0 Å². The summed E-state index contributed by atoms with van der Waals surface area (Å²) in [6.45, 7) is 11.4. The Morgan fingerprint density at radius 1 is 0.556 bits per heavy atom. The molecule has 0 spiro atoms. The average molecular weight is 395 g/mol. The molecule has 1 atom stereocenters. The molecule has 0 radical (unpaired) electrons. The Morgan fingerprint density at radius 2 is 0.889 bits per heavy atom. The zero-order valence-corrected chi connectivity index (χ0v) is 16.9. The van der Waals surface area contributed by atoms with Crippen molar-refractivity contribution in [3.05, 3.63) is 0 Å². The van der Waals surface area contributed by atoms with E-state index >= 15 is 0 Å². The topological polar surface area (TPSA) is 77.1 Å². The maximum Gasteiger partial charge on any atom is 0.104 e. The molecular weight excluding hydrogens is 356 g/mol. The fraction of sp³-hybridized carbons (Fsp3) is 1.00. The van der Waals surface area contributed by atoms with Crippen LogP contribution in [-0.4, -0.2) is 105 Å². The number of ether oxygens (including phenoxy) is 8. The zero-order chi connectivity index (χ0) is 19.3. The van der Waals surface area contributed by atoms with Gasteiger partial charge in [0.2, 0.25) is 0 Å². The molecule has 0 aromatic carbocycles. The molecule has 1 aliphatic rings. The highest BCUT2D eigenvalue weighted by molar-refractivity contribution is 4.66. The first-order chi connectivity index (χ1) is 13.4. The largest absolute Gasteiger partial charge is 0.379 e. The second kappa shape index (κ2) is 20.4. The van der Waals surface area contributed by atoms with Gasteiger partial charge in [0.1, 0.15) is 6.10 Å². The van der Waals surface area contributed by atoms with Gasteiger partial charge < -0.3 is 37.9 Å². The van der Waals surface area contributed by atoms with Crippen LogP contribution in [0.2, 0.25) is 0 Å². The van der Waals surface area contributed by atoms with Gasteiger partial charge in [-0.15, -0.1) is 0 Å². The van der Waals surface area contributed by atoms with Crippen LogP contribution in [0.15, 0.2) is 0 Å². The smallest absolute Gasteiger partial charge is 0.104 e. The third-order valence-electron chi connectivity index (χ3n) is 3.58. The lowest BCUT2D eigenvalue weighted by Gasteiger charge is -2.08. The van der Waals surface area contributed by atoms with Crippen molar-refractivity contribution >= 4 is 0 Å². The van der Waals surface area contributed by atoms with E-state index in [-0.39, 0.29) is 0 Å². The van der Waals surface area contributed by atoms with E-state index in [4.69, 9.17) is 37.9 Å². The van der Waals surface area contributed by atoms with E-state index in [1.807, 2.05) is 0 Å². The van der Waals surface area contributed by atoms with Gasteiger partial charge in [-0.05, 0) is 6.42 Å². The Hall–Kier alpha value is -0.320. The molecule has 0 aromatic heterocycles. The summed E-state index contributed by atoms with van der Waals surface area (Å²) in [5, 5.41) is 0. The quantitative estimate of drug-likeness (QED) is 0.190. The standard InChI is InChI=1S/C19H38O8/c1-2-3-4-20-5-6-21-7-8-22-9-10-23-11-12-24-13-14-25-15-16-26-17-19-18-27-19/h19H,2-18H2,1H3. The summed E-state index contributed by atoms with van der Waals surface area (Å²) in [6, 6.07) is 0. The van der Waals surface area contributed by atoms with E-state index < -0.39 is 0 Å². The number of epoxide rings is 1. The summed E-state index contributed by atoms with van der Waals surface area (Å²) in [5.74, 6) is 0. The van der Waals surface area contributed by atoms with Crippen molar-refractivity contribution in [3.63, 3.8) is 0 Å². The fourth-order valence-corrected chi connectivity index (χ4v) is 1.94. The highest BCUT2D eigenvalue weighted by atomic mass is 16.6. The maximum absolute atomic E-state index is 5.42. The van der Waals surface area contributed by atoms with Gasteiger partial charge in [-0.25, -0.2) is 0 Å². The number of rotatable bonds is 23. The Balaban J connectivity index is 1.59. The van der Waals surface area contributed by atoms with Gasteiger partial charge >= 0.3 is 0 Å². The summed E-state index contributed by atoms with van der Waals surface area (Å²) in [6.07, 6.45) is 2.57. The molecule has 0 saturated carbocycles. The first kappa shape index (κ1) is 24.7. The first-order valence-corrected chi connectivity index (χ1v) is 10.1. The van der Waals surface area contributed by atoms with E-state index in [0.29, 0.717) is 92.0 Å². The van der Waals surface area contributed by atoms with E-state index in [1.165, 1.54) is 0 Å². The summed E-state index contributed by atoms with van der Waals surface area (Å²) in [5.41, 5.74) is 0. The van der Waals surface area contributed by atoms with Crippen LogP contribution >= 0.6 is 0 Å². The molecule has 8 nitrogen and oxygen atoms in total. The zero-order valence-electron chi connectivity index (χ0n) is 16.9. The minimum atomic E-state index is 0.312. The van der Waals surface area contributed by atoms with Crippen molar-refractivity contribution < 1.29 is 37.9 Å². The van der Waals surface area contributed by atoms with Crippen LogP contribution in [0.1, 0.15) is 19.8 Å². The molecule has 8 heteroatoms. The van der Waals surface area contributed by atoms with Crippen LogP contribution in [0.4, 0.5) is 0 Å². The molecule has 27 heavy (non-hydrogen) atoms. The third-order valence-corrected chi connectivity index (χ3v) is 3.58. The van der Waals surface area contributed by atoms with E-state index in [1.54, 1.807) is 0 Å².